The van der Waals surface area contributed by atoms with Gasteiger partial charge in [-0.05, 0) is 13.0 Å². The number of furan rings is 1. The number of hydrogen-bond acceptors (Lipinski definition) is 6. The fourth-order valence-electron chi connectivity index (χ4n) is 1.12. The van der Waals surface area contributed by atoms with Gasteiger partial charge in [-0.25, -0.2) is 0 Å². The molecule has 7 heteroatoms. The predicted octanol–water partition coefficient (Wildman–Crippen LogP) is 0.621. The number of nitrogens with zero attached hydrogens (tertiary/aromatic N) is 1. The highest BCUT2D eigenvalue weighted by Crippen LogP contribution is 2.16. The zero-order valence-corrected chi connectivity index (χ0v) is 8.71. The lowest BCUT2D eigenvalue weighted by molar-refractivity contribution is -0.402. The molecule has 1 aromatic rings. The maximum Gasteiger partial charge on any atom is 0.433 e. The van der Waals surface area contributed by atoms with Crippen LogP contribution in [0.25, 0.3) is 0 Å². The Kier molecular flexibility index (Phi) is 4.01. The van der Waals surface area contributed by atoms with E-state index in [1.54, 1.807) is 6.92 Å². The second kappa shape index (κ2) is 5.26. The molecule has 7 nitrogen and oxygen atoms in total. The molecule has 88 valence electrons. The third kappa shape index (κ3) is 3.06. The molecular formula is C9H12N2O5. The van der Waals surface area contributed by atoms with Crippen molar-refractivity contribution in [2.45, 2.75) is 19.4 Å². The largest absolute Gasteiger partial charge is 0.465 e. The molecule has 1 aromatic heterocycles. The molecule has 0 fully saturated rings. The van der Waals surface area contributed by atoms with Crippen LogP contribution in [0.5, 0.6) is 0 Å². The molecule has 16 heavy (non-hydrogen) atoms. The molecule has 1 unspecified atom stereocenters. The maximum absolute atomic E-state index is 11.2. The molecule has 0 amide bonds. The first-order valence-corrected chi connectivity index (χ1v) is 4.70. The summed E-state index contributed by atoms with van der Waals surface area (Å²) in [5.41, 5.74) is 5.52. The minimum absolute atomic E-state index is 0.0761. The van der Waals surface area contributed by atoms with Gasteiger partial charge in [0.15, 0.2) is 0 Å². The van der Waals surface area contributed by atoms with Gasteiger partial charge in [0.2, 0.25) is 0 Å². The zero-order valence-electron chi connectivity index (χ0n) is 8.71. The smallest absolute Gasteiger partial charge is 0.433 e. The van der Waals surface area contributed by atoms with Gasteiger partial charge in [-0.15, -0.1) is 0 Å². The van der Waals surface area contributed by atoms with Crippen LogP contribution in [0.3, 0.4) is 0 Å². The van der Waals surface area contributed by atoms with Gasteiger partial charge >= 0.3 is 11.9 Å². The summed E-state index contributed by atoms with van der Waals surface area (Å²) in [4.78, 5) is 20.8. The average Bonchev–Trinajstić information content (AvgIpc) is 2.66. The number of hydrogen-bond donors (Lipinski definition) is 1. The molecule has 1 atom stereocenters. The summed E-state index contributed by atoms with van der Waals surface area (Å²) in [5.74, 6) is -0.639. The van der Waals surface area contributed by atoms with Crippen molar-refractivity contribution in [3.8, 4) is 0 Å². The molecule has 0 radical (unpaired) electrons. The van der Waals surface area contributed by atoms with Crippen molar-refractivity contribution in [2.24, 2.45) is 5.73 Å². The van der Waals surface area contributed by atoms with Crippen molar-refractivity contribution in [3.05, 3.63) is 28.0 Å². The summed E-state index contributed by atoms with van der Waals surface area (Å²) in [7, 11) is 0. The van der Waals surface area contributed by atoms with E-state index in [-0.39, 0.29) is 24.7 Å². The first-order chi connectivity index (χ1) is 7.54. The van der Waals surface area contributed by atoms with Crippen LogP contribution < -0.4 is 5.73 Å². The van der Waals surface area contributed by atoms with E-state index in [4.69, 9.17) is 14.9 Å². The number of carbonyl (C=O) groups excluding carboxylic acids is 1. The maximum atomic E-state index is 11.2. The Morgan fingerprint density at radius 1 is 1.69 bits per heavy atom. The fraction of sp³-hybridized carbons (Fsp3) is 0.444. The summed E-state index contributed by atoms with van der Waals surface area (Å²) in [6.45, 7) is 1.91. The molecule has 1 heterocycles. The summed E-state index contributed by atoms with van der Waals surface area (Å²) in [6, 6.07) is 1.76. The lowest BCUT2D eigenvalue weighted by Gasteiger charge is -2.07. The highest BCUT2D eigenvalue weighted by Gasteiger charge is 2.19. The highest BCUT2D eigenvalue weighted by atomic mass is 16.6. The quantitative estimate of drug-likeness (QED) is 0.449. The van der Waals surface area contributed by atoms with Gasteiger partial charge in [0.05, 0.1) is 12.7 Å². The minimum atomic E-state index is -0.870. The fourth-order valence-corrected chi connectivity index (χ4v) is 1.12. The molecule has 0 saturated heterocycles. The molecule has 0 aromatic carbocycles. The summed E-state index contributed by atoms with van der Waals surface area (Å²) < 4.78 is 9.55. The molecule has 0 saturated carbocycles. The van der Waals surface area contributed by atoms with E-state index < -0.39 is 16.9 Å². The number of nitro groups is 1. The number of esters is 1. The van der Waals surface area contributed by atoms with Gasteiger partial charge in [0.25, 0.3) is 0 Å². The molecular weight excluding hydrogens is 216 g/mol. The molecule has 0 bridgehead atoms. The molecule has 0 spiro atoms. The van der Waals surface area contributed by atoms with Crippen LogP contribution in [0.15, 0.2) is 16.5 Å². The van der Waals surface area contributed by atoms with Crippen molar-refractivity contribution in [2.75, 3.05) is 6.61 Å². The molecule has 0 aliphatic rings. The lowest BCUT2D eigenvalue weighted by atomic mass is 10.2. The van der Waals surface area contributed by atoms with E-state index in [0.717, 1.165) is 0 Å². The van der Waals surface area contributed by atoms with Gasteiger partial charge in [0, 0.05) is 6.42 Å². The van der Waals surface area contributed by atoms with E-state index in [2.05, 4.69) is 0 Å². The van der Waals surface area contributed by atoms with Crippen LogP contribution in [-0.4, -0.2) is 23.5 Å². The third-order valence-corrected chi connectivity index (χ3v) is 1.84. The van der Waals surface area contributed by atoms with Crippen LogP contribution in [0.2, 0.25) is 0 Å². The molecule has 0 aliphatic carbocycles. The van der Waals surface area contributed by atoms with Gasteiger partial charge in [-0.3, -0.25) is 14.9 Å². The third-order valence-electron chi connectivity index (χ3n) is 1.84. The van der Waals surface area contributed by atoms with Gasteiger partial charge in [0.1, 0.15) is 16.7 Å². The van der Waals surface area contributed by atoms with Crippen LogP contribution in [0.1, 0.15) is 12.7 Å². The Morgan fingerprint density at radius 3 is 2.88 bits per heavy atom. The summed E-state index contributed by atoms with van der Waals surface area (Å²) in [5, 5.41) is 10.3. The van der Waals surface area contributed by atoms with Crippen LogP contribution in [-0.2, 0) is 16.0 Å². The van der Waals surface area contributed by atoms with Gasteiger partial charge in [-0.1, -0.05) is 0 Å². The van der Waals surface area contributed by atoms with E-state index in [0.29, 0.717) is 0 Å². The molecule has 2 N–H and O–H groups in total. The van der Waals surface area contributed by atoms with E-state index in [1.807, 2.05) is 0 Å². The van der Waals surface area contributed by atoms with E-state index in [1.165, 1.54) is 12.1 Å². The van der Waals surface area contributed by atoms with Crippen molar-refractivity contribution >= 4 is 11.9 Å². The molecule has 1 rings (SSSR count). The van der Waals surface area contributed by atoms with Crippen LogP contribution in [0.4, 0.5) is 5.88 Å². The second-order valence-electron chi connectivity index (χ2n) is 3.06. The first kappa shape index (κ1) is 12.2. The highest BCUT2D eigenvalue weighted by molar-refractivity contribution is 5.75. The second-order valence-corrected chi connectivity index (χ2v) is 3.06. The predicted molar refractivity (Wildman–Crippen MR) is 53.7 cm³/mol. The summed E-state index contributed by atoms with van der Waals surface area (Å²) >= 11 is 0. The lowest BCUT2D eigenvalue weighted by Crippen LogP contribution is -2.34. The van der Waals surface area contributed by atoms with Gasteiger partial charge < -0.3 is 14.9 Å². The Labute approximate surface area is 91.3 Å². The zero-order chi connectivity index (χ0) is 12.1. The Hall–Kier alpha value is -1.89. The van der Waals surface area contributed by atoms with Gasteiger partial charge in [-0.2, -0.15) is 0 Å². The van der Waals surface area contributed by atoms with Crippen molar-refractivity contribution in [3.63, 3.8) is 0 Å². The van der Waals surface area contributed by atoms with Crippen molar-refractivity contribution < 1.29 is 18.9 Å². The first-order valence-electron chi connectivity index (χ1n) is 4.70. The number of rotatable bonds is 5. The van der Waals surface area contributed by atoms with E-state index >= 15 is 0 Å². The standard InChI is InChI=1S/C9H12N2O5/c1-2-15-9(12)7(10)5-6-3-4-8(16-6)11(13)14/h3-4,7H,2,5,10H2,1H3. The Bertz CT molecular complexity index is 387. The number of carbonyl (C=O) groups is 1. The summed E-state index contributed by atoms with van der Waals surface area (Å²) in [6.07, 6.45) is 0.0761. The SMILES string of the molecule is CCOC(=O)C(N)Cc1ccc([N+](=O)[O-])o1. The minimum Gasteiger partial charge on any atom is -0.465 e. The van der Waals surface area contributed by atoms with Crippen LogP contribution in [0, 0.1) is 10.1 Å². The van der Waals surface area contributed by atoms with Crippen molar-refractivity contribution in [1.82, 2.24) is 0 Å². The number of nitrogens with two attached hydrogens (primary N) is 1. The topological polar surface area (TPSA) is 109 Å². The van der Waals surface area contributed by atoms with Crippen LogP contribution >= 0.6 is 0 Å². The Morgan fingerprint density at radius 2 is 2.38 bits per heavy atom. The normalized spacial score (nSPS) is 12.1. The van der Waals surface area contributed by atoms with Crippen molar-refractivity contribution in [1.29, 1.82) is 0 Å². The molecule has 0 aliphatic heterocycles. The number of ether oxygens (including phenoxy) is 1. The average molecular weight is 228 g/mol. The monoisotopic (exact) mass is 228 g/mol. The Balaban J connectivity index is 2.59. The van der Waals surface area contributed by atoms with E-state index in [9.17, 15) is 14.9 Å².